The number of carbonyl (C=O) groups is 1. The monoisotopic (exact) mass is 423 g/mol. The normalized spacial score (nSPS) is 25.9. The Morgan fingerprint density at radius 1 is 1.26 bits per heavy atom. The van der Waals surface area contributed by atoms with E-state index in [-0.39, 0.29) is 18.8 Å². The molecule has 1 amide bonds. The molecule has 0 aromatic heterocycles. The van der Waals surface area contributed by atoms with Gasteiger partial charge in [-0.3, -0.25) is 0 Å². The first-order chi connectivity index (χ1) is 12.6. The molecular weight excluding hydrogens is 404 g/mol. The van der Waals surface area contributed by atoms with Crippen LogP contribution in [0, 0.1) is 0 Å². The standard InChI is InChI=1S/C16H20ClF2N3O4S/c1-20-7-2-8-22(27(20,24)25)13-9-16(18,19)11-21(10-13)15(23)26-14-5-3-12(17)4-6-14/h3-6,13H,2,7-11H2,1H3/t13-/m1/s1. The van der Waals surface area contributed by atoms with Crippen LogP contribution in [-0.4, -0.2) is 73.2 Å². The molecule has 2 heterocycles. The fourth-order valence-electron chi connectivity index (χ4n) is 3.30. The fraction of sp³-hybridized carbons (Fsp3) is 0.562. The number of nitrogens with zero attached hydrogens (tertiary/aromatic N) is 3. The Bertz CT molecular complexity index is 806. The third kappa shape index (κ3) is 4.50. The number of halogens is 3. The summed E-state index contributed by atoms with van der Waals surface area (Å²) in [5.41, 5.74) is 0. The lowest BCUT2D eigenvalue weighted by molar-refractivity contribution is -0.0778. The van der Waals surface area contributed by atoms with Crippen LogP contribution in [-0.2, 0) is 10.2 Å². The number of rotatable bonds is 2. The van der Waals surface area contributed by atoms with E-state index in [1.54, 1.807) is 0 Å². The Kier molecular flexibility index (Phi) is 5.62. The molecule has 3 rings (SSSR count). The zero-order chi connectivity index (χ0) is 19.8. The highest BCUT2D eigenvalue weighted by Crippen LogP contribution is 2.32. The van der Waals surface area contributed by atoms with Crippen LogP contribution in [0.1, 0.15) is 12.8 Å². The van der Waals surface area contributed by atoms with E-state index in [2.05, 4.69) is 0 Å². The minimum Gasteiger partial charge on any atom is -0.410 e. The summed E-state index contributed by atoms with van der Waals surface area (Å²) in [7, 11) is -2.41. The number of carbonyl (C=O) groups excluding carboxylic acids is 1. The van der Waals surface area contributed by atoms with Crippen LogP contribution in [0.2, 0.25) is 5.02 Å². The molecule has 1 atom stereocenters. The van der Waals surface area contributed by atoms with Crippen molar-refractivity contribution >= 4 is 27.9 Å². The number of benzene rings is 1. The largest absolute Gasteiger partial charge is 0.415 e. The van der Waals surface area contributed by atoms with Gasteiger partial charge >= 0.3 is 6.09 Å². The molecule has 0 spiro atoms. The topological polar surface area (TPSA) is 70.2 Å². The van der Waals surface area contributed by atoms with Gasteiger partial charge in [-0.05, 0) is 30.7 Å². The van der Waals surface area contributed by atoms with E-state index in [0.29, 0.717) is 18.0 Å². The molecule has 150 valence electrons. The van der Waals surface area contributed by atoms with E-state index in [4.69, 9.17) is 16.3 Å². The SMILES string of the molecule is CN1CCCN([C@H]2CN(C(=O)Oc3ccc(Cl)cc3)CC(F)(F)C2)S1(=O)=O. The average Bonchev–Trinajstić information content (AvgIpc) is 2.58. The molecule has 0 unspecified atom stereocenters. The highest BCUT2D eigenvalue weighted by Gasteiger charge is 2.48. The first kappa shape index (κ1) is 20.2. The predicted octanol–water partition coefficient (Wildman–Crippen LogP) is 2.43. The van der Waals surface area contributed by atoms with Crippen molar-refractivity contribution in [2.45, 2.75) is 24.8 Å². The van der Waals surface area contributed by atoms with E-state index < -0.39 is 41.2 Å². The Morgan fingerprint density at radius 3 is 2.59 bits per heavy atom. The molecule has 2 aliphatic heterocycles. The van der Waals surface area contributed by atoms with E-state index in [9.17, 15) is 22.0 Å². The van der Waals surface area contributed by atoms with E-state index in [0.717, 1.165) is 13.5 Å². The second-order valence-electron chi connectivity index (χ2n) is 6.71. The van der Waals surface area contributed by atoms with Gasteiger partial charge in [0, 0.05) is 44.2 Å². The van der Waals surface area contributed by atoms with Gasteiger partial charge in [-0.15, -0.1) is 0 Å². The summed E-state index contributed by atoms with van der Waals surface area (Å²) < 4.78 is 60.8. The van der Waals surface area contributed by atoms with Crippen LogP contribution in [0.25, 0.3) is 0 Å². The maximum atomic E-state index is 14.3. The highest BCUT2D eigenvalue weighted by atomic mass is 35.5. The lowest BCUT2D eigenvalue weighted by atomic mass is 10.0. The van der Waals surface area contributed by atoms with Crippen LogP contribution < -0.4 is 4.74 Å². The molecule has 0 aliphatic carbocycles. The van der Waals surface area contributed by atoms with Crippen molar-refractivity contribution in [2.75, 3.05) is 33.2 Å². The number of ether oxygens (including phenoxy) is 1. The molecule has 1 aromatic carbocycles. The molecule has 0 saturated carbocycles. The van der Waals surface area contributed by atoms with Crippen LogP contribution in [0.5, 0.6) is 5.75 Å². The minimum atomic E-state index is -3.82. The van der Waals surface area contributed by atoms with Gasteiger partial charge in [0.25, 0.3) is 16.1 Å². The van der Waals surface area contributed by atoms with Gasteiger partial charge < -0.3 is 9.64 Å². The molecule has 2 aliphatic rings. The molecule has 0 bridgehead atoms. The number of hydrogen-bond acceptors (Lipinski definition) is 4. The van der Waals surface area contributed by atoms with Crippen LogP contribution in [0.15, 0.2) is 24.3 Å². The molecule has 7 nitrogen and oxygen atoms in total. The smallest absolute Gasteiger partial charge is 0.410 e. The number of hydrogen-bond donors (Lipinski definition) is 0. The Morgan fingerprint density at radius 2 is 1.93 bits per heavy atom. The van der Waals surface area contributed by atoms with E-state index >= 15 is 0 Å². The molecule has 0 N–H and O–H groups in total. The first-order valence-electron chi connectivity index (χ1n) is 8.42. The van der Waals surface area contributed by atoms with Crippen LogP contribution in [0.3, 0.4) is 0 Å². The second-order valence-corrected chi connectivity index (χ2v) is 9.13. The molecule has 0 radical (unpaired) electrons. The zero-order valence-corrected chi connectivity index (χ0v) is 16.2. The molecule has 2 saturated heterocycles. The van der Waals surface area contributed by atoms with Gasteiger partial charge in [0.1, 0.15) is 5.75 Å². The van der Waals surface area contributed by atoms with E-state index in [1.165, 1.54) is 31.3 Å². The Balaban J connectivity index is 1.76. The quantitative estimate of drug-likeness (QED) is 0.732. The molecule has 1 aromatic rings. The maximum absolute atomic E-state index is 14.3. The Labute approximate surface area is 161 Å². The van der Waals surface area contributed by atoms with Gasteiger partial charge in [0.15, 0.2) is 0 Å². The molecular formula is C16H20ClF2N3O4S. The summed E-state index contributed by atoms with van der Waals surface area (Å²) in [5, 5.41) is 0.443. The summed E-state index contributed by atoms with van der Waals surface area (Å²) in [5.74, 6) is -3.05. The van der Waals surface area contributed by atoms with Crippen LogP contribution in [0.4, 0.5) is 13.6 Å². The number of likely N-dealkylation sites (tertiary alicyclic amines) is 1. The van der Waals surface area contributed by atoms with Gasteiger partial charge in [0.05, 0.1) is 6.54 Å². The van der Waals surface area contributed by atoms with Gasteiger partial charge in [0.2, 0.25) is 0 Å². The van der Waals surface area contributed by atoms with Crippen LogP contribution >= 0.6 is 11.6 Å². The van der Waals surface area contributed by atoms with Crippen molar-refractivity contribution in [3.8, 4) is 5.75 Å². The number of piperidine rings is 1. The van der Waals surface area contributed by atoms with Crippen molar-refractivity contribution in [1.82, 2.24) is 13.5 Å². The van der Waals surface area contributed by atoms with Gasteiger partial charge in [-0.1, -0.05) is 11.6 Å². The van der Waals surface area contributed by atoms with Crippen molar-refractivity contribution in [3.05, 3.63) is 29.3 Å². The molecule has 2 fully saturated rings. The average molecular weight is 424 g/mol. The van der Waals surface area contributed by atoms with E-state index in [1.807, 2.05) is 0 Å². The highest BCUT2D eigenvalue weighted by molar-refractivity contribution is 7.86. The number of alkyl halides is 2. The van der Waals surface area contributed by atoms with Crippen molar-refractivity contribution in [3.63, 3.8) is 0 Å². The molecule has 27 heavy (non-hydrogen) atoms. The summed E-state index contributed by atoms with van der Waals surface area (Å²) in [6.07, 6.45) is -1.05. The summed E-state index contributed by atoms with van der Waals surface area (Å²) >= 11 is 5.76. The lowest BCUT2D eigenvalue weighted by Gasteiger charge is -2.43. The van der Waals surface area contributed by atoms with Gasteiger partial charge in [-0.2, -0.15) is 17.0 Å². The summed E-state index contributed by atoms with van der Waals surface area (Å²) in [6, 6.07) is 4.90. The Hall–Kier alpha value is -1.49. The second kappa shape index (κ2) is 7.50. The minimum absolute atomic E-state index is 0.146. The third-order valence-electron chi connectivity index (χ3n) is 4.61. The predicted molar refractivity (Wildman–Crippen MR) is 95.3 cm³/mol. The van der Waals surface area contributed by atoms with Crippen molar-refractivity contribution in [1.29, 1.82) is 0 Å². The first-order valence-corrected chi connectivity index (χ1v) is 10.2. The van der Waals surface area contributed by atoms with Gasteiger partial charge in [-0.25, -0.2) is 13.6 Å². The zero-order valence-electron chi connectivity index (χ0n) is 14.6. The van der Waals surface area contributed by atoms with Crippen molar-refractivity contribution < 1.29 is 26.7 Å². The van der Waals surface area contributed by atoms with Crippen molar-refractivity contribution in [2.24, 2.45) is 0 Å². The lowest BCUT2D eigenvalue weighted by Crippen LogP contribution is -2.61. The summed E-state index contributed by atoms with van der Waals surface area (Å²) in [4.78, 5) is 13.2. The summed E-state index contributed by atoms with van der Waals surface area (Å²) in [6.45, 7) is -0.494. The number of amides is 1. The maximum Gasteiger partial charge on any atom is 0.415 e. The third-order valence-corrected chi connectivity index (χ3v) is 6.91. The fourth-order valence-corrected chi connectivity index (χ4v) is 5.02. The molecule has 11 heteroatoms.